The van der Waals surface area contributed by atoms with Gasteiger partial charge in [0.25, 0.3) is 5.91 Å². The number of thiazole rings is 1. The lowest BCUT2D eigenvalue weighted by Crippen LogP contribution is -2.25. The van der Waals surface area contributed by atoms with Crippen LogP contribution < -0.4 is 16.0 Å². The fourth-order valence-corrected chi connectivity index (χ4v) is 4.70. The van der Waals surface area contributed by atoms with Gasteiger partial charge in [-0.05, 0) is 54.8 Å². The van der Waals surface area contributed by atoms with E-state index >= 15 is 0 Å². The molecule has 3 aromatic heterocycles. The van der Waals surface area contributed by atoms with Crippen molar-refractivity contribution < 1.29 is 4.79 Å². The normalized spacial score (nSPS) is 13.3. The van der Waals surface area contributed by atoms with Gasteiger partial charge in [-0.3, -0.25) is 4.79 Å². The van der Waals surface area contributed by atoms with Crippen molar-refractivity contribution in [2.75, 3.05) is 23.7 Å². The average molecular weight is 451 g/mol. The van der Waals surface area contributed by atoms with E-state index in [9.17, 15) is 4.79 Å². The Labute approximate surface area is 188 Å². The summed E-state index contributed by atoms with van der Waals surface area (Å²) in [6, 6.07) is 9.77. The SMILES string of the molecule is O=C(NCCCNc1nc(Nc2ccc3ncsc3c2)ncc1C1CC1)c1cccs1. The second-order valence-electron chi connectivity index (χ2n) is 7.45. The molecule has 31 heavy (non-hydrogen) atoms. The first-order valence-electron chi connectivity index (χ1n) is 10.3. The summed E-state index contributed by atoms with van der Waals surface area (Å²) in [5.41, 5.74) is 4.96. The molecule has 3 heterocycles. The van der Waals surface area contributed by atoms with Crippen molar-refractivity contribution in [1.82, 2.24) is 20.3 Å². The third-order valence-electron chi connectivity index (χ3n) is 5.10. The molecule has 3 N–H and O–H groups in total. The molecule has 9 heteroatoms. The molecule has 1 amide bonds. The molecule has 4 aromatic rings. The maximum atomic E-state index is 12.0. The van der Waals surface area contributed by atoms with Gasteiger partial charge in [0.1, 0.15) is 5.82 Å². The van der Waals surface area contributed by atoms with Gasteiger partial charge in [-0.15, -0.1) is 22.7 Å². The van der Waals surface area contributed by atoms with Gasteiger partial charge in [0.15, 0.2) is 0 Å². The molecule has 0 spiro atoms. The molecule has 0 radical (unpaired) electrons. The quantitative estimate of drug-likeness (QED) is 0.311. The minimum atomic E-state index is -0.0138. The molecule has 1 aliphatic carbocycles. The Bertz CT molecular complexity index is 1190. The largest absolute Gasteiger partial charge is 0.370 e. The van der Waals surface area contributed by atoms with Crippen molar-refractivity contribution in [3.05, 3.63) is 57.9 Å². The molecule has 0 unspecified atom stereocenters. The first-order valence-corrected chi connectivity index (χ1v) is 12.0. The minimum absolute atomic E-state index is 0.0138. The number of amides is 1. The minimum Gasteiger partial charge on any atom is -0.370 e. The Morgan fingerprint density at radius 1 is 1.13 bits per heavy atom. The lowest BCUT2D eigenvalue weighted by Gasteiger charge is -2.13. The van der Waals surface area contributed by atoms with Gasteiger partial charge in [-0.2, -0.15) is 4.98 Å². The van der Waals surface area contributed by atoms with Crippen LogP contribution in [0, 0.1) is 0 Å². The highest BCUT2D eigenvalue weighted by molar-refractivity contribution is 7.16. The zero-order valence-electron chi connectivity index (χ0n) is 16.8. The molecule has 1 aromatic carbocycles. The zero-order chi connectivity index (χ0) is 21.0. The number of benzene rings is 1. The van der Waals surface area contributed by atoms with E-state index in [2.05, 4.69) is 32.0 Å². The fraction of sp³-hybridized carbons (Fsp3) is 0.273. The van der Waals surface area contributed by atoms with Crippen molar-refractivity contribution >= 4 is 56.3 Å². The third kappa shape index (κ3) is 4.83. The number of thiophene rings is 1. The van der Waals surface area contributed by atoms with E-state index in [1.54, 1.807) is 11.3 Å². The van der Waals surface area contributed by atoms with Crippen molar-refractivity contribution in [1.29, 1.82) is 0 Å². The highest BCUT2D eigenvalue weighted by Gasteiger charge is 2.27. The number of carbonyl (C=O) groups is 1. The second-order valence-corrected chi connectivity index (χ2v) is 9.28. The molecule has 1 saturated carbocycles. The van der Waals surface area contributed by atoms with E-state index in [0.717, 1.165) is 39.6 Å². The maximum absolute atomic E-state index is 12.0. The van der Waals surface area contributed by atoms with Crippen LogP contribution in [0.15, 0.2) is 47.4 Å². The lowest BCUT2D eigenvalue weighted by molar-refractivity contribution is 0.0957. The summed E-state index contributed by atoms with van der Waals surface area (Å²) < 4.78 is 1.13. The predicted octanol–water partition coefficient (Wildman–Crippen LogP) is 5.00. The monoisotopic (exact) mass is 450 g/mol. The molecule has 0 aliphatic heterocycles. The van der Waals surface area contributed by atoms with Crippen LogP contribution in [0.3, 0.4) is 0 Å². The Morgan fingerprint density at radius 2 is 2.06 bits per heavy atom. The van der Waals surface area contributed by atoms with Gasteiger partial charge in [0.2, 0.25) is 5.95 Å². The molecule has 0 atom stereocenters. The third-order valence-corrected chi connectivity index (χ3v) is 6.76. The van der Waals surface area contributed by atoms with Crippen molar-refractivity contribution in [2.24, 2.45) is 0 Å². The van der Waals surface area contributed by atoms with Gasteiger partial charge < -0.3 is 16.0 Å². The smallest absolute Gasteiger partial charge is 0.261 e. The topological polar surface area (TPSA) is 91.8 Å². The summed E-state index contributed by atoms with van der Waals surface area (Å²) in [6.45, 7) is 1.35. The number of rotatable bonds is 9. The average Bonchev–Trinajstić information content (AvgIpc) is 3.26. The summed E-state index contributed by atoms with van der Waals surface area (Å²) in [6.07, 6.45) is 5.11. The van der Waals surface area contributed by atoms with Crippen LogP contribution in [0.25, 0.3) is 10.2 Å². The van der Waals surface area contributed by atoms with Crippen LogP contribution in [0.1, 0.15) is 40.4 Å². The summed E-state index contributed by atoms with van der Waals surface area (Å²) in [4.78, 5) is 26.3. The van der Waals surface area contributed by atoms with Crippen LogP contribution >= 0.6 is 22.7 Å². The molecule has 1 fully saturated rings. The predicted molar refractivity (Wildman–Crippen MR) is 127 cm³/mol. The zero-order valence-corrected chi connectivity index (χ0v) is 18.4. The molecular weight excluding hydrogens is 428 g/mol. The summed E-state index contributed by atoms with van der Waals surface area (Å²) in [7, 11) is 0. The molecule has 7 nitrogen and oxygen atoms in total. The maximum Gasteiger partial charge on any atom is 0.261 e. The van der Waals surface area contributed by atoms with Gasteiger partial charge in [-0.25, -0.2) is 9.97 Å². The first-order chi connectivity index (χ1) is 15.3. The van der Waals surface area contributed by atoms with Crippen LogP contribution in [0.5, 0.6) is 0 Å². The van der Waals surface area contributed by atoms with E-state index < -0.39 is 0 Å². The number of hydrogen-bond donors (Lipinski definition) is 3. The molecule has 1 aliphatic rings. The standard InChI is InChI=1S/C22H22N6OS2/c29-21(18-3-1-10-30-18)24-9-2-8-23-20-16(14-4-5-14)12-25-22(28-20)27-15-6-7-17-19(11-15)31-13-26-17/h1,3,6-7,10-14H,2,4-5,8-9H2,(H,24,29)(H2,23,25,27,28). The molecule has 5 rings (SSSR count). The molecule has 158 valence electrons. The molecular formula is C22H22N6OS2. The Kier molecular flexibility index (Phi) is 5.77. The number of carbonyl (C=O) groups excluding carboxylic acids is 1. The van der Waals surface area contributed by atoms with Crippen LogP contribution in [0.2, 0.25) is 0 Å². The van der Waals surface area contributed by atoms with E-state index in [0.29, 0.717) is 18.4 Å². The van der Waals surface area contributed by atoms with E-state index in [-0.39, 0.29) is 5.91 Å². The summed E-state index contributed by atoms with van der Waals surface area (Å²) >= 11 is 3.07. The summed E-state index contributed by atoms with van der Waals surface area (Å²) in [5.74, 6) is 1.98. The van der Waals surface area contributed by atoms with Gasteiger partial charge in [-0.1, -0.05) is 6.07 Å². The number of nitrogens with one attached hydrogen (secondary N) is 3. The van der Waals surface area contributed by atoms with Crippen LogP contribution in [-0.4, -0.2) is 33.9 Å². The van der Waals surface area contributed by atoms with Gasteiger partial charge in [0, 0.05) is 30.5 Å². The van der Waals surface area contributed by atoms with Crippen LogP contribution in [0.4, 0.5) is 17.5 Å². The Morgan fingerprint density at radius 3 is 2.90 bits per heavy atom. The van der Waals surface area contributed by atoms with Gasteiger partial charge >= 0.3 is 0 Å². The van der Waals surface area contributed by atoms with E-state index in [1.807, 2.05) is 41.4 Å². The van der Waals surface area contributed by atoms with E-state index in [4.69, 9.17) is 4.98 Å². The fourth-order valence-electron chi connectivity index (χ4n) is 3.34. The second kappa shape index (κ2) is 8.99. The first kappa shape index (κ1) is 19.9. The number of hydrogen-bond acceptors (Lipinski definition) is 8. The van der Waals surface area contributed by atoms with Crippen molar-refractivity contribution in [2.45, 2.75) is 25.2 Å². The lowest BCUT2D eigenvalue weighted by atomic mass is 10.2. The number of fused-ring (bicyclic) bond motifs is 1. The number of nitrogens with zero attached hydrogens (tertiary/aromatic N) is 3. The Hall–Kier alpha value is -3.04. The number of anilines is 3. The molecule has 0 bridgehead atoms. The van der Waals surface area contributed by atoms with Crippen molar-refractivity contribution in [3.63, 3.8) is 0 Å². The molecule has 0 saturated heterocycles. The number of aromatic nitrogens is 3. The summed E-state index contributed by atoms with van der Waals surface area (Å²) in [5, 5.41) is 11.6. The highest BCUT2D eigenvalue weighted by atomic mass is 32.1. The highest BCUT2D eigenvalue weighted by Crippen LogP contribution is 2.42. The van der Waals surface area contributed by atoms with Crippen LogP contribution in [-0.2, 0) is 0 Å². The Balaban J connectivity index is 1.20. The van der Waals surface area contributed by atoms with Gasteiger partial charge in [0.05, 0.1) is 20.6 Å². The van der Waals surface area contributed by atoms with E-state index in [1.165, 1.54) is 29.7 Å². The van der Waals surface area contributed by atoms with Crippen molar-refractivity contribution in [3.8, 4) is 0 Å².